The first-order valence-electron chi connectivity index (χ1n) is 14.8. The number of carboxylic acid groups (broad SMARTS) is 1. The van der Waals surface area contributed by atoms with Crippen molar-refractivity contribution in [3.63, 3.8) is 0 Å². The van der Waals surface area contributed by atoms with Crippen LogP contribution in [0.15, 0.2) is 97.1 Å². The van der Waals surface area contributed by atoms with Crippen LogP contribution in [0.25, 0.3) is 0 Å². The molecule has 2 N–H and O–H groups in total. The first-order chi connectivity index (χ1) is 20.8. The van der Waals surface area contributed by atoms with Gasteiger partial charge in [0.05, 0.1) is 11.6 Å². The van der Waals surface area contributed by atoms with Crippen LogP contribution in [0.4, 0.5) is 0 Å². The molecule has 2 aliphatic heterocycles. The van der Waals surface area contributed by atoms with E-state index in [2.05, 4.69) is 78.2 Å². The van der Waals surface area contributed by atoms with E-state index in [0.29, 0.717) is 24.7 Å². The number of hydrogen-bond acceptors (Lipinski definition) is 5. The summed E-state index contributed by atoms with van der Waals surface area (Å²) in [5.74, 6) is -0.985. The number of fused-ring (bicyclic) bond motifs is 1. The molecule has 2 aliphatic rings. The molecule has 0 radical (unpaired) electrons. The number of carboxylic acids is 1. The van der Waals surface area contributed by atoms with Gasteiger partial charge in [-0.1, -0.05) is 66.7 Å². The number of aromatic hydroxyl groups is 1. The number of aromatic carboxylic acids is 1. The third-order valence-corrected chi connectivity index (χ3v) is 8.82. The summed E-state index contributed by atoms with van der Waals surface area (Å²) in [5, 5.41) is 19.8. The van der Waals surface area contributed by atoms with Crippen LogP contribution in [-0.4, -0.2) is 62.0 Å². The Balaban J connectivity index is 1.27. The maximum absolute atomic E-state index is 13.3. The lowest BCUT2D eigenvalue weighted by atomic mass is 9.91. The zero-order valence-electron chi connectivity index (χ0n) is 24.6. The molecule has 2 heterocycles. The van der Waals surface area contributed by atoms with Gasteiger partial charge in [-0.3, -0.25) is 14.6 Å². The number of phenolic OH excluding ortho intramolecular Hbond substituents is 1. The molecule has 220 valence electrons. The van der Waals surface area contributed by atoms with Crippen molar-refractivity contribution in [3.8, 4) is 5.75 Å². The molecule has 43 heavy (non-hydrogen) atoms. The van der Waals surface area contributed by atoms with Gasteiger partial charge in [0.1, 0.15) is 5.75 Å². The number of benzene rings is 4. The second-order valence-corrected chi connectivity index (χ2v) is 11.9. The Bertz CT molecular complexity index is 1640. The van der Waals surface area contributed by atoms with Crippen LogP contribution < -0.4 is 0 Å². The molecule has 0 aliphatic carbocycles. The van der Waals surface area contributed by atoms with Gasteiger partial charge in [0, 0.05) is 50.4 Å². The van der Waals surface area contributed by atoms with E-state index in [0.717, 1.165) is 41.9 Å². The lowest BCUT2D eigenvalue weighted by molar-refractivity contribution is 0.0195. The van der Waals surface area contributed by atoms with Gasteiger partial charge >= 0.3 is 5.97 Å². The van der Waals surface area contributed by atoms with Crippen LogP contribution in [0.3, 0.4) is 0 Å². The van der Waals surface area contributed by atoms with Crippen LogP contribution >= 0.6 is 0 Å². The van der Waals surface area contributed by atoms with E-state index in [1.165, 1.54) is 17.7 Å². The minimum absolute atomic E-state index is 0.0641. The van der Waals surface area contributed by atoms with Crippen molar-refractivity contribution in [2.75, 3.05) is 13.1 Å². The van der Waals surface area contributed by atoms with Crippen LogP contribution in [0.5, 0.6) is 5.75 Å². The Morgan fingerprint density at radius 2 is 1.49 bits per heavy atom. The van der Waals surface area contributed by atoms with Crippen molar-refractivity contribution in [2.24, 2.45) is 0 Å². The van der Waals surface area contributed by atoms with Gasteiger partial charge in [-0.05, 0) is 72.0 Å². The monoisotopic (exact) mass is 575 g/mol. The van der Waals surface area contributed by atoms with Crippen molar-refractivity contribution >= 4 is 11.9 Å². The van der Waals surface area contributed by atoms with Gasteiger partial charge < -0.3 is 15.1 Å². The number of carbonyl (C=O) groups excluding carboxylic acids is 1. The van der Waals surface area contributed by atoms with Crippen LogP contribution in [-0.2, 0) is 19.6 Å². The number of piperazine rings is 1. The van der Waals surface area contributed by atoms with Crippen molar-refractivity contribution in [1.29, 1.82) is 0 Å². The Morgan fingerprint density at radius 3 is 2.26 bits per heavy atom. The third-order valence-electron chi connectivity index (χ3n) is 8.82. The Kier molecular flexibility index (Phi) is 8.02. The molecule has 0 aromatic heterocycles. The molecule has 4 aromatic rings. The highest BCUT2D eigenvalue weighted by Gasteiger charge is 2.36. The van der Waals surface area contributed by atoms with Gasteiger partial charge in [-0.25, -0.2) is 4.79 Å². The molecule has 0 bridgehead atoms. The molecule has 0 saturated carbocycles. The van der Waals surface area contributed by atoms with Crippen molar-refractivity contribution < 1.29 is 19.8 Å². The average Bonchev–Trinajstić information content (AvgIpc) is 3.43. The summed E-state index contributed by atoms with van der Waals surface area (Å²) in [4.78, 5) is 31.6. The number of carbonyl (C=O) groups is 2. The summed E-state index contributed by atoms with van der Waals surface area (Å²) in [6.07, 6.45) is 0. The van der Waals surface area contributed by atoms with Gasteiger partial charge in [0.25, 0.3) is 5.91 Å². The van der Waals surface area contributed by atoms with E-state index >= 15 is 0 Å². The van der Waals surface area contributed by atoms with Crippen molar-refractivity contribution in [3.05, 3.63) is 136 Å². The van der Waals surface area contributed by atoms with Gasteiger partial charge in [0.15, 0.2) is 0 Å². The fourth-order valence-electron chi connectivity index (χ4n) is 6.59. The summed E-state index contributed by atoms with van der Waals surface area (Å²) in [6.45, 7) is 8.21. The second-order valence-electron chi connectivity index (χ2n) is 11.9. The van der Waals surface area contributed by atoms with E-state index in [4.69, 9.17) is 0 Å². The molecule has 1 amide bonds. The normalized spacial score (nSPS) is 19.6. The SMILES string of the molecule is C[C@@H]1CN([C@@H](c2cccc(O)c2)c2ccc3c(c2)CN(C(=O)c2cccc(C(=O)O)c2)C3)[C@@H](C)CN1Cc1ccccc1. The fourth-order valence-corrected chi connectivity index (χ4v) is 6.59. The zero-order valence-corrected chi connectivity index (χ0v) is 24.6. The lowest BCUT2D eigenvalue weighted by Gasteiger charge is -2.47. The van der Waals surface area contributed by atoms with E-state index in [1.807, 2.05) is 12.1 Å². The summed E-state index contributed by atoms with van der Waals surface area (Å²) in [7, 11) is 0. The highest BCUT2D eigenvalue weighted by atomic mass is 16.4. The van der Waals surface area contributed by atoms with Crippen LogP contribution in [0.1, 0.15) is 68.4 Å². The van der Waals surface area contributed by atoms with Gasteiger partial charge in [-0.15, -0.1) is 0 Å². The molecule has 4 aromatic carbocycles. The standard InChI is InChI=1S/C36H37N3O4/c1-24-20-39(25(2)19-37(24)21-26-8-4-3-5-9-26)34(27-10-7-13-33(40)18-27)28-14-15-31-22-38(23-32(31)16-28)35(41)29-11-6-12-30(17-29)36(42)43/h3-18,24-25,34,40H,19-23H2,1-2H3,(H,42,43)/t24-,25+,34+/m1/s1. The lowest BCUT2D eigenvalue weighted by Crippen LogP contribution is -2.56. The predicted molar refractivity (Wildman–Crippen MR) is 166 cm³/mol. The smallest absolute Gasteiger partial charge is 0.335 e. The molecule has 1 saturated heterocycles. The maximum Gasteiger partial charge on any atom is 0.335 e. The van der Waals surface area contributed by atoms with Gasteiger partial charge in [-0.2, -0.15) is 0 Å². The molecule has 7 heteroatoms. The van der Waals surface area contributed by atoms with E-state index in [9.17, 15) is 19.8 Å². The molecule has 6 rings (SSSR count). The summed E-state index contributed by atoms with van der Waals surface area (Å²) < 4.78 is 0. The third kappa shape index (κ3) is 6.05. The predicted octanol–water partition coefficient (Wildman–Crippen LogP) is 5.93. The average molecular weight is 576 g/mol. The number of amides is 1. The van der Waals surface area contributed by atoms with Gasteiger partial charge in [0.2, 0.25) is 0 Å². The summed E-state index contributed by atoms with van der Waals surface area (Å²) in [6, 6.07) is 31.4. The maximum atomic E-state index is 13.3. The van der Waals surface area contributed by atoms with Crippen LogP contribution in [0, 0.1) is 0 Å². The highest BCUT2D eigenvalue weighted by Crippen LogP contribution is 2.37. The number of rotatable bonds is 7. The highest BCUT2D eigenvalue weighted by molar-refractivity contribution is 5.97. The number of phenols is 1. The van der Waals surface area contributed by atoms with Crippen molar-refractivity contribution in [1.82, 2.24) is 14.7 Å². The molecule has 1 fully saturated rings. The summed E-state index contributed by atoms with van der Waals surface area (Å²) >= 11 is 0. The minimum atomic E-state index is -1.05. The van der Waals surface area contributed by atoms with E-state index in [-0.39, 0.29) is 29.3 Å². The topological polar surface area (TPSA) is 84.3 Å². The molecule has 7 nitrogen and oxygen atoms in total. The molecule has 0 unspecified atom stereocenters. The van der Waals surface area contributed by atoms with Crippen LogP contribution in [0.2, 0.25) is 0 Å². The summed E-state index contributed by atoms with van der Waals surface area (Å²) in [5.41, 5.74) is 6.14. The molecular weight excluding hydrogens is 538 g/mol. The quantitative estimate of drug-likeness (QED) is 0.284. The van der Waals surface area contributed by atoms with E-state index in [1.54, 1.807) is 23.1 Å². The Labute approximate surface area is 252 Å². The molecule has 3 atom stereocenters. The fraction of sp³-hybridized carbons (Fsp3) is 0.278. The largest absolute Gasteiger partial charge is 0.508 e. The zero-order chi connectivity index (χ0) is 30.1. The second kappa shape index (κ2) is 12.0. The molecular formula is C36H37N3O4. The van der Waals surface area contributed by atoms with Crippen molar-refractivity contribution in [2.45, 2.75) is 51.6 Å². The Morgan fingerprint density at radius 1 is 0.767 bits per heavy atom. The first-order valence-corrected chi connectivity index (χ1v) is 14.8. The Hall–Kier alpha value is -4.46. The minimum Gasteiger partial charge on any atom is -0.508 e. The number of nitrogens with zero attached hydrogens (tertiary/aromatic N) is 3. The van der Waals surface area contributed by atoms with E-state index < -0.39 is 5.97 Å². The molecule has 0 spiro atoms. The first kappa shape index (κ1) is 28.6. The number of hydrogen-bond donors (Lipinski definition) is 2.